The topological polar surface area (TPSA) is 92.7 Å². The number of thiophene rings is 1. The van der Waals surface area contributed by atoms with Gasteiger partial charge in [0, 0.05) is 4.70 Å². The number of sulfonamides is 1. The zero-order valence-electron chi connectivity index (χ0n) is 10.1. The van der Waals surface area contributed by atoms with Gasteiger partial charge in [-0.25, -0.2) is 13.2 Å². The van der Waals surface area contributed by atoms with Crippen molar-refractivity contribution in [2.45, 2.75) is 0 Å². The van der Waals surface area contributed by atoms with Gasteiger partial charge in [0.2, 0.25) is 10.0 Å². The van der Waals surface area contributed by atoms with Crippen molar-refractivity contribution in [1.82, 2.24) is 0 Å². The van der Waals surface area contributed by atoms with Crippen LogP contribution in [0.5, 0.6) is 5.75 Å². The van der Waals surface area contributed by atoms with Gasteiger partial charge >= 0.3 is 5.97 Å². The molecule has 0 unspecified atom stereocenters. The number of benzene rings is 1. The van der Waals surface area contributed by atoms with Crippen LogP contribution < -0.4 is 4.72 Å². The van der Waals surface area contributed by atoms with Crippen LogP contribution in [0, 0.1) is 0 Å². The van der Waals surface area contributed by atoms with E-state index in [9.17, 15) is 18.3 Å². The van der Waals surface area contributed by atoms with Crippen LogP contribution in [0.25, 0.3) is 10.1 Å². The van der Waals surface area contributed by atoms with Crippen molar-refractivity contribution >= 4 is 43.1 Å². The van der Waals surface area contributed by atoms with E-state index in [0.717, 1.165) is 17.6 Å². The molecule has 1 aromatic heterocycles. The summed E-state index contributed by atoms with van der Waals surface area (Å²) in [7, 11) is -2.20. The zero-order valence-corrected chi connectivity index (χ0v) is 11.8. The van der Waals surface area contributed by atoms with Crippen molar-refractivity contribution in [3.8, 4) is 5.75 Å². The molecule has 0 aliphatic carbocycles. The maximum Gasteiger partial charge on any atom is 0.348 e. The first kappa shape index (κ1) is 13.6. The Kier molecular flexibility index (Phi) is 3.38. The molecular weight excluding hydrogens is 290 g/mol. The predicted molar refractivity (Wildman–Crippen MR) is 73.3 cm³/mol. The Morgan fingerprint density at radius 2 is 2.05 bits per heavy atom. The van der Waals surface area contributed by atoms with Gasteiger partial charge < -0.3 is 9.84 Å². The van der Waals surface area contributed by atoms with Gasteiger partial charge in [-0.2, -0.15) is 0 Å². The summed E-state index contributed by atoms with van der Waals surface area (Å²) >= 11 is 1.16. The van der Waals surface area contributed by atoms with E-state index < -0.39 is 16.0 Å². The van der Waals surface area contributed by atoms with E-state index in [0.29, 0.717) is 15.0 Å². The number of carbonyl (C=O) groups is 1. The SMILES string of the molecule is COC(=O)c1cc2cc(NS(C)(=O)=O)c(O)cc2s1. The van der Waals surface area contributed by atoms with Crippen LogP contribution in [0.3, 0.4) is 0 Å². The van der Waals surface area contributed by atoms with Crippen LogP contribution in [0.4, 0.5) is 5.69 Å². The smallest absolute Gasteiger partial charge is 0.348 e. The minimum atomic E-state index is -3.48. The highest BCUT2D eigenvalue weighted by molar-refractivity contribution is 7.92. The Morgan fingerprint density at radius 1 is 1.37 bits per heavy atom. The summed E-state index contributed by atoms with van der Waals surface area (Å²) < 4.78 is 29.8. The lowest BCUT2D eigenvalue weighted by atomic mass is 10.2. The number of fused-ring (bicyclic) bond motifs is 1. The minimum absolute atomic E-state index is 0.0733. The second-order valence-electron chi connectivity index (χ2n) is 3.88. The molecule has 0 aliphatic heterocycles. The van der Waals surface area contributed by atoms with Crippen LogP contribution in [-0.4, -0.2) is 32.9 Å². The van der Waals surface area contributed by atoms with Gasteiger partial charge in [-0.3, -0.25) is 4.72 Å². The number of hydrogen-bond acceptors (Lipinski definition) is 6. The molecule has 0 aliphatic rings. The lowest BCUT2D eigenvalue weighted by Gasteiger charge is -2.06. The Labute approximate surface area is 113 Å². The fraction of sp³-hybridized carbons (Fsp3) is 0.182. The molecule has 8 heteroatoms. The summed E-state index contributed by atoms with van der Waals surface area (Å²) in [6.07, 6.45) is 0.990. The van der Waals surface area contributed by atoms with E-state index in [-0.39, 0.29) is 11.4 Å². The number of phenols is 1. The third kappa shape index (κ3) is 2.96. The second-order valence-corrected chi connectivity index (χ2v) is 6.72. The fourth-order valence-corrected chi connectivity index (χ4v) is 3.12. The molecule has 0 spiro atoms. The highest BCUT2D eigenvalue weighted by atomic mass is 32.2. The van der Waals surface area contributed by atoms with E-state index in [2.05, 4.69) is 9.46 Å². The van der Waals surface area contributed by atoms with Gasteiger partial charge in [0.1, 0.15) is 10.6 Å². The van der Waals surface area contributed by atoms with Crippen molar-refractivity contribution in [3.05, 3.63) is 23.1 Å². The predicted octanol–water partition coefficient (Wildman–Crippen LogP) is 1.76. The summed E-state index contributed by atoms with van der Waals surface area (Å²) in [5.74, 6) is -0.672. The molecule has 2 N–H and O–H groups in total. The van der Waals surface area contributed by atoms with Crippen molar-refractivity contribution in [1.29, 1.82) is 0 Å². The van der Waals surface area contributed by atoms with Gasteiger partial charge in [-0.15, -0.1) is 11.3 Å². The maximum absolute atomic E-state index is 11.4. The van der Waals surface area contributed by atoms with Gasteiger partial charge in [-0.05, 0) is 23.6 Å². The highest BCUT2D eigenvalue weighted by Gasteiger charge is 2.14. The number of phenolic OH excluding ortho intramolecular Hbond substituents is 1. The molecule has 0 radical (unpaired) electrons. The standard InChI is InChI=1S/C11H11NO5S2/c1-17-11(14)10-4-6-3-7(12-19(2,15)16)8(13)5-9(6)18-10/h3-5,12-13H,1-2H3. The van der Waals surface area contributed by atoms with E-state index >= 15 is 0 Å². The summed E-state index contributed by atoms with van der Waals surface area (Å²) in [6, 6.07) is 4.45. The van der Waals surface area contributed by atoms with Crippen LogP contribution in [0.1, 0.15) is 9.67 Å². The molecule has 19 heavy (non-hydrogen) atoms. The molecule has 2 aromatic rings. The molecule has 0 saturated carbocycles. The summed E-state index contributed by atoms with van der Waals surface area (Å²) in [5.41, 5.74) is 0.0733. The lowest BCUT2D eigenvalue weighted by molar-refractivity contribution is 0.0606. The molecule has 1 heterocycles. The fourth-order valence-electron chi connectivity index (χ4n) is 1.56. The molecule has 102 valence electrons. The van der Waals surface area contributed by atoms with E-state index in [1.807, 2.05) is 0 Å². The second kappa shape index (κ2) is 4.71. The van der Waals surface area contributed by atoms with Gasteiger partial charge in [-0.1, -0.05) is 0 Å². The van der Waals surface area contributed by atoms with Crippen molar-refractivity contribution in [2.75, 3.05) is 18.1 Å². The first-order chi connectivity index (χ1) is 8.80. The number of hydrogen-bond donors (Lipinski definition) is 2. The first-order valence-corrected chi connectivity index (χ1v) is 7.83. The van der Waals surface area contributed by atoms with Gasteiger partial charge in [0.15, 0.2) is 0 Å². The van der Waals surface area contributed by atoms with Crippen molar-refractivity contribution < 1.29 is 23.1 Å². The molecule has 2 rings (SSSR count). The Hall–Kier alpha value is -1.80. The molecule has 0 atom stereocenters. The number of nitrogens with one attached hydrogen (secondary N) is 1. The molecule has 0 bridgehead atoms. The number of methoxy groups -OCH3 is 1. The monoisotopic (exact) mass is 301 g/mol. The largest absolute Gasteiger partial charge is 0.506 e. The number of rotatable bonds is 3. The molecule has 6 nitrogen and oxygen atoms in total. The maximum atomic E-state index is 11.4. The molecule has 1 aromatic carbocycles. The van der Waals surface area contributed by atoms with Gasteiger partial charge in [0.05, 0.1) is 19.1 Å². The number of ether oxygens (including phenoxy) is 1. The molecule has 0 saturated heterocycles. The first-order valence-electron chi connectivity index (χ1n) is 5.13. The molecule has 0 amide bonds. The van der Waals surface area contributed by atoms with Crippen molar-refractivity contribution in [2.24, 2.45) is 0 Å². The van der Waals surface area contributed by atoms with Gasteiger partial charge in [0.25, 0.3) is 0 Å². The number of esters is 1. The quantitative estimate of drug-likeness (QED) is 0.665. The highest BCUT2D eigenvalue weighted by Crippen LogP contribution is 2.35. The third-order valence-corrected chi connectivity index (χ3v) is 3.99. The van der Waals surface area contributed by atoms with E-state index in [4.69, 9.17) is 0 Å². The minimum Gasteiger partial charge on any atom is -0.506 e. The zero-order chi connectivity index (χ0) is 14.2. The molecule has 0 fully saturated rings. The summed E-state index contributed by atoms with van der Waals surface area (Å²) in [6.45, 7) is 0. The number of anilines is 1. The Bertz CT molecular complexity index is 748. The van der Waals surface area contributed by atoms with E-state index in [1.165, 1.54) is 19.2 Å². The summed E-state index contributed by atoms with van der Waals surface area (Å²) in [5, 5.41) is 10.4. The van der Waals surface area contributed by atoms with Crippen LogP contribution in [0.15, 0.2) is 18.2 Å². The number of carbonyl (C=O) groups excluding carboxylic acids is 1. The van der Waals surface area contributed by atoms with E-state index in [1.54, 1.807) is 6.07 Å². The van der Waals surface area contributed by atoms with Crippen LogP contribution in [-0.2, 0) is 14.8 Å². The normalized spacial score (nSPS) is 11.5. The van der Waals surface area contributed by atoms with Crippen molar-refractivity contribution in [3.63, 3.8) is 0 Å². The Balaban J connectivity index is 2.53. The molecular formula is C11H11NO5S2. The lowest BCUT2D eigenvalue weighted by Crippen LogP contribution is -2.09. The van der Waals surface area contributed by atoms with Crippen LogP contribution in [0.2, 0.25) is 0 Å². The third-order valence-electron chi connectivity index (χ3n) is 2.32. The van der Waals surface area contributed by atoms with Crippen LogP contribution >= 0.6 is 11.3 Å². The average Bonchev–Trinajstić information content (AvgIpc) is 2.69. The average molecular weight is 301 g/mol. The Morgan fingerprint density at radius 3 is 2.63 bits per heavy atom. The number of aromatic hydroxyl groups is 1. The summed E-state index contributed by atoms with van der Waals surface area (Å²) in [4.78, 5) is 11.8.